The van der Waals surface area contributed by atoms with E-state index >= 15 is 0 Å². The molecule has 0 aromatic heterocycles. The van der Waals surface area contributed by atoms with Gasteiger partial charge in [0.1, 0.15) is 0 Å². The summed E-state index contributed by atoms with van der Waals surface area (Å²) < 4.78 is 7.72. The minimum Gasteiger partial charge on any atom is -1.00 e. The van der Waals surface area contributed by atoms with Gasteiger partial charge in [0.25, 0.3) is 0 Å². The summed E-state index contributed by atoms with van der Waals surface area (Å²) in [5.41, 5.74) is 0.564. The van der Waals surface area contributed by atoms with E-state index in [0.29, 0.717) is 0 Å². The smallest absolute Gasteiger partial charge is 1.00 e. The molecule has 0 unspecified atom stereocenters. The molecule has 2 nitrogen and oxygen atoms in total. The minimum atomic E-state index is -1.51. The average Bonchev–Trinajstić information content (AvgIpc) is 1.78. The van der Waals surface area contributed by atoms with Crippen LogP contribution in [0.1, 0.15) is 41.5 Å². The monoisotopic (exact) mass is 363 g/mol. The molecular formula is C10H27Cl2N2SiZr. The molecule has 0 aromatic carbocycles. The van der Waals surface area contributed by atoms with Gasteiger partial charge in [0, 0.05) is 0 Å². The van der Waals surface area contributed by atoms with Crippen molar-refractivity contribution < 1.29 is 46.3 Å². The van der Waals surface area contributed by atoms with Crippen molar-refractivity contribution in [3.63, 3.8) is 0 Å². The van der Waals surface area contributed by atoms with E-state index in [-0.39, 0.29) is 35.9 Å². The van der Waals surface area contributed by atoms with Gasteiger partial charge in [0.2, 0.25) is 0 Å². The maximum atomic E-state index is 3.86. The zero-order valence-corrected chi connectivity index (χ0v) is 17.0. The van der Waals surface area contributed by atoms with Crippen molar-refractivity contribution in [2.24, 2.45) is 0 Å². The molecule has 0 radical (unpaired) electrons. The van der Waals surface area contributed by atoms with Gasteiger partial charge >= 0.3 is 99.7 Å². The summed E-state index contributed by atoms with van der Waals surface area (Å²) >= 11 is -1.51. The third-order valence-electron chi connectivity index (χ3n) is 1.60. The molecule has 0 saturated carbocycles. The predicted octanol–water partition coefficient (Wildman–Crippen LogP) is -3.80. The van der Waals surface area contributed by atoms with E-state index < -0.39 is 27.4 Å². The Labute approximate surface area is 124 Å². The standard InChI is InChI=1S/2C4H10N.C2H7Si.2ClH.Zr/c2*1-4(2,3)5;1-3-2;;;/h2*5H,1-3H3;3H,1-2H3;2*1H;/q2*-1;;;;+4/p-2. The molecule has 0 aliphatic carbocycles. The summed E-state index contributed by atoms with van der Waals surface area (Å²) in [7, 11) is 0. The van der Waals surface area contributed by atoms with Crippen LogP contribution in [0.25, 0.3) is 0 Å². The molecular weight excluding hydrogens is 338 g/mol. The average molecular weight is 366 g/mol. The first-order valence-electron chi connectivity index (χ1n) is 5.44. The number of rotatable bonds is 3. The largest absolute Gasteiger partial charge is 1.00 e. The Morgan fingerprint density at radius 2 is 1.00 bits per heavy atom. The molecule has 0 heterocycles. The number of hydrogen-bond acceptors (Lipinski definition) is 2. The van der Waals surface area contributed by atoms with E-state index in [2.05, 4.69) is 61.2 Å². The number of halogens is 2. The molecule has 0 spiro atoms. The summed E-state index contributed by atoms with van der Waals surface area (Å²) in [5, 5.41) is 0. The molecule has 16 heavy (non-hydrogen) atoms. The van der Waals surface area contributed by atoms with Gasteiger partial charge in [-0.05, 0) is 0 Å². The maximum Gasteiger partial charge on any atom is -1.00 e. The zero-order valence-electron chi connectivity index (χ0n) is 11.8. The summed E-state index contributed by atoms with van der Waals surface area (Å²) in [5.74, 6) is -0.511. The molecule has 0 bridgehead atoms. The van der Waals surface area contributed by atoms with Crippen LogP contribution < -0.4 is 31.3 Å². The first kappa shape index (κ1) is 22.8. The van der Waals surface area contributed by atoms with Crippen molar-refractivity contribution in [1.82, 2.24) is 6.52 Å². The number of hydrogen-bond donors (Lipinski definition) is 2. The van der Waals surface area contributed by atoms with Crippen molar-refractivity contribution >= 4 is 5.92 Å². The van der Waals surface area contributed by atoms with E-state index in [0.717, 1.165) is 0 Å². The van der Waals surface area contributed by atoms with Crippen LogP contribution in [0.4, 0.5) is 0 Å². The zero-order chi connectivity index (χ0) is 11.6. The van der Waals surface area contributed by atoms with Gasteiger partial charge in [-0.25, -0.2) is 0 Å². The van der Waals surface area contributed by atoms with Crippen molar-refractivity contribution in [3.8, 4) is 0 Å². The van der Waals surface area contributed by atoms with Crippen LogP contribution in [-0.4, -0.2) is 17.0 Å². The van der Waals surface area contributed by atoms with E-state index in [1.54, 1.807) is 0 Å². The fraction of sp³-hybridized carbons (Fsp3) is 1.00. The van der Waals surface area contributed by atoms with Gasteiger partial charge in [-0.3, -0.25) is 0 Å². The fourth-order valence-electron chi connectivity index (χ4n) is 1.13. The third kappa shape index (κ3) is 13.7. The van der Waals surface area contributed by atoms with Crippen LogP contribution in [0.15, 0.2) is 0 Å². The first-order valence-corrected chi connectivity index (χ1v) is 15.0. The van der Waals surface area contributed by atoms with Crippen molar-refractivity contribution in [2.75, 3.05) is 0 Å². The SMILES string of the molecule is C[SiH](C)[Zr+2]([NH]C(C)(C)C)[NH]C(C)(C)C.[Cl-].[Cl-]. The van der Waals surface area contributed by atoms with Crippen molar-refractivity contribution in [1.29, 1.82) is 0 Å². The molecule has 2 N–H and O–H groups in total. The molecule has 0 fully saturated rings. The van der Waals surface area contributed by atoms with Gasteiger partial charge in [-0.1, -0.05) is 0 Å². The first-order chi connectivity index (χ1) is 6.01. The third-order valence-corrected chi connectivity index (χ3v) is 18.0. The fourth-order valence-corrected chi connectivity index (χ4v) is 15.2. The quantitative estimate of drug-likeness (QED) is 0.502. The maximum absolute atomic E-state index is 3.86. The van der Waals surface area contributed by atoms with Crippen LogP contribution in [0.5, 0.6) is 0 Å². The summed E-state index contributed by atoms with van der Waals surface area (Å²) in [6.07, 6.45) is 0. The molecule has 6 heteroatoms. The van der Waals surface area contributed by atoms with E-state index in [9.17, 15) is 0 Å². The van der Waals surface area contributed by atoms with Crippen LogP contribution in [0.2, 0.25) is 13.1 Å². The van der Waals surface area contributed by atoms with Gasteiger partial charge in [-0.2, -0.15) is 0 Å². The second-order valence-corrected chi connectivity index (χ2v) is 23.8. The van der Waals surface area contributed by atoms with Gasteiger partial charge in [0.15, 0.2) is 0 Å². The second kappa shape index (κ2) is 8.66. The van der Waals surface area contributed by atoms with E-state index in [1.165, 1.54) is 0 Å². The predicted molar refractivity (Wildman–Crippen MR) is 64.7 cm³/mol. The summed E-state index contributed by atoms with van der Waals surface area (Å²) in [4.78, 5) is 0. The van der Waals surface area contributed by atoms with Gasteiger partial charge in [-0.15, -0.1) is 0 Å². The normalized spacial score (nSPS) is 11.8. The molecule has 0 aliphatic heterocycles. The Morgan fingerprint density at radius 1 is 0.750 bits per heavy atom. The van der Waals surface area contributed by atoms with E-state index in [1.807, 2.05) is 0 Å². The molecule has 0 aromatic rings. The molecule has 0 aliphatic rings. The molecule has 0 atom stereocenters. The Bertz CT molecular complexity index is 163. The van der Waals surface area contributed by atoms with Crippen molar-refractivity contribution in [3.05, 3.63) is 0 Å². The van der Waals surface area contributed by atoms with Crippen LogP contribution >= 0.6 is 0 Å². The summed E-state index contributed by atoms with van der Waals surface area (Å²) in [6, 6.07) is 0. The van der Waals surface area contributed by atoms with E-state index in [4.69, 9.17) is 0 Å². The molecule has 0 rings (SSSR count). The molecule has 0 saturated heterocycles. The van der Waals surface area contributed by atoms with Crippen LogP contribution in [0.3, 0.4) is 0 Å². The molecule has 0 amide bonds. The Kier molecular flexibility index (Phi) is 12.3. The summed E-state index contributed by atoms with van der Waals surface area (Å²) in [6.45, 7) is 18.6. The minimum absolute atomic E-state index is 0. The Morgan fingerprint density at radius 3 is 1.12 bits per heavy atom. The van der Waals surface area contributed by atoms with Gasteiger partial charge in [0.05, 0.1) is 0 Å². The Hall–Kier alpha value is 1.60. The second-order valence-electron chi connectivity index (χ2n) is 6.32. The van der Waals surface area contributed by atoms with Crippen LogP contribution in [-0.2, 0) is 21.5 Å². The number of nitrogens with one attached hydrogen (secondary N) is 2. The topological polar surface area (TPSA) is 24.1 Å². The van der Waals surface area contributed by atoms with Gasteiger partial charge < -0.3 is 24.8 Å². The van der Waals surface area contributed by atoms with Crippen molar-refractivity contribution in [2.45, 2.75) is 65.7 Å². The molecule has 99 valence electrons. The Balaban J connectivity index is -0.000000845. The van der Waals surface area contributed by atoms with Crippen LogP contribution in [0, 0.1) is 0 Å².